The number of hydrazone groups is 1. The largest absolute Gasteiger partial charge is 0.445 e. The quantitative estimate of drug-likeness (QED) is 0.139. The van der Waals surface area contributed by atoms with Crippen LogP contribution in [0.15, 0.2) is 121 Å². The van der Waals surface area contributed by atoms with Gasteiger partial charge in [-0.1, -0.05) is 30.3 Å². The van der Waals surface area contributed by atoms with Gasteiger partial charge in [-0.15, -0.1) is 5.10 Å². The maximum atomic E-state index is 13.8. The Morgan fingerprint density at radius 3 is 2.45 bits per heavy atom. The highest BCUT2D eigenvalue weighted by molar-refractivity contribution is 5.99. The highest BCUT2D eigenvalue weighted by Gasteiger charge is 2.37. The first-order valence-electron chi connectivity index (χ1n) is 12.8. The van der Waals surface area contributed by atoms with Crippen LogP contribution >= 0.6 is 0 Å². The van der Waals surface area contributed by atoms with Gasteiger partial charge in [-0.25, -0.2) is 9.07 Å². The summed E-state index contributed by atoms with van der Waals surface area (Å²) in [6.45, 7) is 0. The van der Waals surface area contributed by atoms with Gasteiger partial charge in [-0.3, -0.25) is 19.9 Å². The summed E-state index contributed by atoms with van der Waals surface area (Å²) in [7, 11) is 0. The number of nitro groups is 1. The zero-order valence-electron chi connectivity index (χ0n) is 21.8. The third-order valence-corrected chi connectivity index (χ3v) is 6.44. The van der Waals surface area contributed by atoms with Gasteiger partial charge in [0.15, 0.2) is 0 Å². The summed E-state index contributed by atoms with van der Waals surface area (Å²) >= 11 is 0. The van der Waals surface area contributed by atoms with Crippen molar-refractivity contribution in [2.24, 2.45) is 5.10 Å². The van der Waals surface area contributed by atoms with Gasteiger partial charge < -0.3 is 4.74 Å². The molecule has 0 radical (unpaired) electrons. The van der Waals surface area contributed by atoms with Crippen LogP contribution in [0.5, 0.6) is 0 Å². The van der Waals surface area contributed by atoms with Gasteiger partial charge in [0.2, 0.25) is 12.1 Å². The van der Waals surface area contributed by atoms with E-state index in [-0.39, 0.29) is 11.6 Å². The molecule has 2 aromatic heterocycles. The van der Waals surface area contributed by atoms with Crippen LogP contribution in [0, 0.1) is 15.9 Å². The van der Waals surface area contributed by atoms with Crippen LogP contribution in [-0.2, 0) is 9.53 Å². The van der Waals surface area contributed by atoms with Gasteiger partial charge in [-0.05, 0) is 60.2 Å². The predicted molar refractivity (Wildman–Crippen MR) is 153 cm³/mol. The second-order valence-corrected chi connectivity index (χ2v) is 9.20. The number of hydrogen-bond acceptors (Lipinski definition) is 7. The molecule has 10 nitrogen and oxygen atoms in total. The number of carbonyl (C=O) groups excluding carboxylic acids is 1. The molecule has 1 aliphatic heterocycles. The predicted octanol–water partition coefficient (Wildman–Crippen LogP) is 5.91. The average Bonchev–Trinajstić information content (AvgIpc) is 3.67. The number of amides is 1. The molecule has 5 aromatic rings. The number of nitrogens with zero attached hydrogens (tertiary/aromatic N) is 6. The van der Waals surface area contributed by atoms with Crippen molar-refractivity contribution in [1.82, 2.24) is 19.8 Å². The Morgan fingerprint density at radius 2 is 1.71 bits per heavy atom. The van der Waals surface area contributed by atoms with Crippen molar-refractivity contribution in [3.8, 4) is 16.9 Å². The summed E-state index contributed by atoms with van der Waals surface area (Å²) < 4.78 is 21.7. The maximum Gasteiger partial charge on any atom is 0.270 e. The number of rotatable bonds is 7. The third kappa shape index (κ3) is 5.39. The smallest absolute Gasteiger partial charge is 0.270 e. The Morgan fingerprint density at radius 1 is 0.952 bits per heavy atom. The fourth-order valence-corrected chi connectivity index (χ4v) is 4.41. The van der Waals surface area contributed by atoms with E-state index in [2.05, 4.69) is 10.1 Å². The van der Waals surface area contributed by atoms with Gasteiger partial charge >= 0.3 is 0 Å². The molecular weight excluding hydrogens is 539 g/mol. The first kappa shape index (κ1) is 26.3. The zero-order chi connectivity index (χ0) is 29.1. The molecule has 3 aromatic carbocycles. The number of benzene rings is 3. The van der Waals surface area contributed by atoms with Crippen LogP contribution in [-0.4, -0.2) is 36.5 Å². The topological polar surface area (TPSA) is 116 Å². The van der Waals surface area contributed by atoms with E-state index in [0.717, 1.165) is 5.69 Å². The summed E-state index contributed by atoms with van der Waals surface area (Å²) in [5.41, 5.74) is 3.33. The number of hydrogen-bond donors (Lipinski definition) is 0. The molecule has 11 heteroatoms. The van der Waals surface area contributed by atoms with Crippen molar-refractivity contribution in [2.75, 3.05) is 0 Å². The van der Waals surface area contributed by atoms with Crippen LogP contribution in [0.4, 0.5) is 10.1 Å². The molecule has 0 bridgehead atoms. The van der Waals surface area contributed by atoms with E-state index in [1.54, 1.807) is 53.6 Å². The fraction of sp³-hybridized carbons (Fsp3) is 0.0323. The fourth-order valence-electron chi connectivity index (χ4n) is 4.41. The molecule has 1 unspecified atom stereocenters. The first-order valence-corrected chi connectivity index (χ1v) is 12.8. The van der Waals surface area contributed by atoms with Crippen LogP contribution in [0.3, 0.4) is 0 Å². The standard InChI is InChI=1S/C31H21FN6O4/c32-24-12-10-22(11-13-24)29-27(20-36(34-29)25-6-2-1-3-7-25)31-37(35-30(42-31)23-15-17-33-18-16-23)28(39)14-9-21-5-4-8-26(19-21)38(40)41/h1-20,31H/b14-9+. The van der Waals surface area contributed by atoms with Gasteiger partial charge in [0.05, 0.1) is 16.2 Å². The number of ether oxygens (including phenoxy) is 1. The van der Waals surface area contributed by atoms with E-state index in [0.29, 0.717) is 27.9 Å². The molecule has 1 amide bonds. The van der Waals surface area contributed by atoms with E-state index >= 15 is 0 Å². The average molecular weight is 561 g/mol. The normalized spacial score (nSPS) is 14.5. The van der Waals surface area contributed by atoms with Crippen molar-refractivity contribution in [2.45, 2.75) is 6.23 Å². The molecular formula is C31H21FN6O4. The molecule has 1 aliphatic rings. The SMILES string of the molecule is O=C(/C=C/c1cccc([N+](=O)[O-])c1)N1N=C(c2ccncc2)OC1c1cn(-c2ccccc2)nc1-c1ccc(F)cc1. The van der Waals surface area contributed by atoms with E-state index in [1.165, 1.54) is 47.5 Å². The Labute approximate surface area is 238 Å². The number of halogens is 1. The number of non-ortho nitro benzene ring substituents is 1. The monoisotopic (exact) mass is 560 g/mol. The summed E-state index contributed by atoms with van der Waals surface area (Å²) in [5.74, 6) is -0.739. The molecule has 0 saturated heterocycles. The van der Waals surface area contributed by atoms with Crippen LogP contribution < -0.4 is 0 Å². The molecule has 42 heavy (non-hydrogen) atoms. The van der Waals surface area contributed by atoms with Crippen LogP contribution in [0.25, 0.3) is 23.0 Å². The minimum absolute atomic E-state index is 0.0951. The molecule has 6 rings (SSSR count). The lowest BCUT2D eigenvalue weighted by atomic mass is 10.1. The lowest BCUT2D eigenvalue weighted by Crippen LogP contribution is -2.26. The van der Waals surface area contributed by atoms with Gasteiger partial charge in [0.25, 0.3) is 11.6 Å². The second kappa shape index (κ2) is 11.3. The minimum Gasteiger partial charge on any atom is -0.445 e. The molecule has 0 aliphatic carbocycles. The second-order valence-electron chi connectivity index (χ2n) is 9.20. The Balaban J connectivity index is 1.43. The van der Waals surface area contributed by atoms with Crippen LogP contribution in [0.2, 0.25) is 0 Å². The molecule has 206 valence electrons. The molecule has 3 heterocycles. The van der Waals surface area contributed by atoms with Gasteiger partial charge in [0.1, 0.15) is 11.5 Å². The van der Waals surface area contributed by atoms with E-state index in [4.69, 9.17) is 9.84 Å². The highest BCUT2D eigenvalue weighted by atomic mass is 19.1. The number of pyridine rings is 1. The Kier molecular flexibility index (Phi) is 7.04. The Hall–Kier alpha value is -5.97. The van der Waals surface area contributed by atoms with E-state index < -0.39 is 22.9 Å². The van der Waals surface area contributed by atoms with Crippen molar-refractivity contribution < 1.29 is 18.8 Å². The van der Waals surface area contributed by atoms with Gasteiger partial charge in [0, 0.05) is 47.9 Å². The van der Waals surface area contributed by atoms with E-state index in [9.17, 15) is 19.3 Å². The van der Waals surface area contributed by atoms with Crippen molar-refractivity contribution in [3.05, 3.63) is 148 Å². The number of aromatic nitrogens is 3. The van der Waals surface area contributed by atoms with Crippen molar-refractivity contribution in [1.29, 1.82) is 0 Å². The minimum atomic E-state index is -1.03. The van der Waals surface area contributed by atoms with E-state index in [1.807, 2.05) is 30.3 Å². The first-order chi connectivity index (χ1) is 20.5. The lowest BCUT2D eigenvalue weighted by molar-refractivity contribution is -0.384. The lowest BCUT2D eigenvalue weighted by Gasteiger charge is -2.19. The summed E-state index contributed by atoms with van der Waals surface area (Å²) in [5, 5.41) is 21.6. The van der Waals surface area contributed by atoms with Crippen LogP contribution in [0.1, 0.15) is 22.9 Å². The number of para-hydroxylation sites is 1. The molecule has 0 fully saturated rings. The molecule has 0 N–H and O–H groups in total. The van der Waals surface area contributed by atoms with Crippen molar-refractivity contribution in [3.63, 3.8) is 0 Å². The number of carbonyl (C=O) groups is 1. The molecule has 0 spiro atoms. The Bertz CT molecular complexity index is 1820. The van der Waals surface area contributed by atoms with Gasteiger partial charge in [-0.2, -0.15) is 10.1 Å². The number of nitro benzene ring substituents is 1. The third-order valence-electron chi connectivity index (χ3n) is 6.44. The molecule has 1 atom stereocenters. The maximum absolute atomic E-state index is 13.8. The molecule has 0 saturated carbocycles. The zero-order valence-corrected chi connectivity index (χ0v) is 21.8. The summed E-state index contributed by atoms with van der Waals surface area (Å²) in [4.78, 5) is 28.3. The highest BCUT2D eigenvalue weighted by Crippen LogP contribution is 2.37. The summed E-state index contributed by atoms with van der Waals surface area (Å²) in [6.07, 6.45) is 6.62. The summed E-state index contributed by atoms with van der Waals surface area (Å²) in [6, 6.07) is 24.6. The van der Waals surface area contributed by atoms with Crippen molar-refractivity contribution >= 4 is 23.6 Å².